The summed E-state index contributed by atoms with van der Waals surface area (Å²) in [6.45, 7) is 1.61. The zero-order chi connectivity index (χ0) is 18.5. The molecule has 0 saturated carbocycles. The molecular formula is C20H25ClN2O4. The lowest BCUT2D eigenvalue weighted by Crippen LogP contribution is -2.31. The first-order valence-electron chi connectivity index (χ1n) is 8.60. The maximum Gasteiger partial charge on any atom is 0.254 e. The number of hydrogen-bond acceptors (Lipinski definition) is 5. The Morgan fingerprint density at radius 2 is 1.78 bits per heavy atom. The Balaban J connectivity index is 0.00000261. The number of benzene rings is 2. The Morgan fingerprint density at radius 3 is 2.30 bits per heavy atom. The molecule has 2 N–H and O–H groups in total. The van der Waals surface area contributed by atoms with Gasteiger partial charge in [0.05, 0.1) is 14.2 Å². The number of hydrogen-bond donors (Lipinski definition) is 1. The van der Waals surface area contributed by atoms with E-state index in [1.807, 2.05) is 30.3 Å². The van der Waals surface area contributed by atoms with Gasteiger partial charge in [0.1, 0.15) is 6.61 Å². The zero-order valence-corrected chi connectivity index (χ0v) is 16.3. The molecule has 1 aliphatic rings. The van der Waals surface area contributed by atoms with Gasteiger partial charge >= 0.3 is 0 Å². The molecule has 146 valence electrons. The third kappa shape index (κ3) is 4.84. The number of nitrogens with two attached hydrogens (primary N) is 1. The van der Waals surface area contributed by atoms with Crippen LogP contribution in [0.25, 0.3) is 0 Å². The van der Waals surface area contributed by atoms with E-state index >= 15 is 0 Å². The predicted molar refractivity (Wildman–Crippen MR) is 106 cm³/mol. The SMILES string of the molecule is COc1cc(C(=O)N2CC[C@@H](N)C2)cc(OC)c1OCc1ccccc1.Cl. The van der Waals surface area contributed by atoms with E-state index in [1.54, 1.807) is 31.3 Å². The standard InChI is InChI=1S/C20H24N2O4.ClH/c1-24-17-10-15(20(23)22-9-8-16(21)12-22)11-18(25-2)19(17)26-13-14-6-4-3-5-7-14;/h3-7,10-11,16H,8-9,12-13,21H2,1-2H3;1H/t16-;/m1./s1. The fourth-order valence-corrected chi connectivity index (χ4v) is 3.03. The van der Waals surface area contributed by atoms with E-state index in [1.165, 1.54) is 0 Å². The molecule has 0 bridgehead atoms. The quantitative estimate of drug-likeness (QED) is 0.818. The smallest absolute Gasteiger partial charge is 0.254 e. The summed E-state index contributed by atoms with van der Waals surface area (Å²) in [4.78, 5) is 14.5. The molecule has 7 heteroatoms. The lowest BCUT2D eigenvalue weighted by Gasteiger charge is -2.19. The van der Waals surface area contributed by atoms with E-state index in [2.05, 4.69) is 0 Å². The van der Waals surface area contributed by atoms with Gasteiger partial charge in [0.15, 0.2) is 11.5 Å². The molecule has 3 rings (SSSR count). The Kier molecular flexibility index (Phi) is 7.33. The van der Waals surface area contributed by atoms with Gasteiger partial charge in [0, 0.05) is 24.7 Å². The number of carbonyl (C=O) groups excluding carboxylic acids is 1. The van der Waals surface area contributed by atoms with Crippen LogP contribution in [-0.4, -0.2) is 44.2 Å². The van der Waals surface area contributed by atoms with E-state index < -0.39 is 0 Å². The second-order valence-electron chi connectivity index (χ2n) is 6.28. The van der Waals surface area contributed by atoms with Crippen molar-refractivity contribution in [2.45, 2.75) is 19.1 Å². The summed E-state index contributed by atoms with van der Waals surface area (Å²) in [7, 11) is 3.09. The van der Waals surface area contributed by atoms with E-state index in [4.69, 9.17) is 19.9 Å². The minimum atomic E-state index is -0.0795. The molecule has 0 unspecified atom stereocenters. The fourth-order valence-electron chi connectivity index (χ4n) is 3.03. The van der Waals surface area contributed by atoms with Crippen molar-refractivity contribution in [2.75, 3.05) is 27.3 Å². The van der Waals surface area contributed by atoms with Gasteiger partial charge in [-0.1, -0.05) is 30.3 Å². The highest BCUT2D eigenvalue weighted by Crippen LogP contribution is 2.39. The van der Waals surface area contributed by atoms with Gasteiger partial charge in [0.2, 0.25) is 5.75 Å². The number of ether oxygens (including phenoxy) is 3. The van der Waals surface area contributed by atoms with Gasteiger partial charge < -0.3 is 24.8 Å². The number of carbonyl (C=O) groups is 1. The highest BCUT2D eigenvalue weighted by atomic mass is 35.5. The van der Waals surface area contributed by atoms with Crippen molar-refractivity contribution in [1.29, 1.82) is 0 Å². The summed E-state index contributed by atoms with van der Waals surface area (Å²) in [6, 6.07) is 13.2. The lowest BCUT2D eigenvalue weighted by atomic mass is 10.1. The molecule has 1 saturated heterocycles. The van der Waals surface area contributed by atoms with Gasteiger partial charge in [-0.05, 0) is 24.1 Å². The van der Waals surface area contributed by atoms with Crippen LogP contribution in [0.1, 0.15) is 22.3 Å². The molecular weight excluding hydrogens is 368 g/mol. The summed E-state index contributed by atoms with van der Waals surface area (Å²) < 4.78 is 16.8. The van der Waals surface area contributed by atoms with Crippen molar-refractivity contribution in [3.63, 3.8) is 0 Å². The fraction of sp³-hybridized carbons (Fsp3) is 0.350. The third-order valence-electron chi connectivity index (χ3n) is 4.45. The van der Waals surface area contributed by atoms with Crippen LogP contribution in [-0.2, 0) is 6.61 Å². The first kappa shape index (κ1) is 20.9. The zero-order valence-electron chi connectivity index (χ0n) is 15.5. The second-order valence-corrected chi connectivity index (χ2v) is 6.28. The second kappa shape index (κ2) is 9.48. The molecule has 1 heterocycles. The lowest BCUT2D eigenvalue weighted by molar-refractivity contribution is 0.0790. The number of methoxy groups -OCH3 is 2. The minimum Gasteiger partial charge on any atom is -0.493 e. The van der Waals surface area contributed by atoms with E-state index in [-0.39, 0.29) is 24.4 Å². The molecule has 1 fully saturated rings. The maximum absolute atomic E-state index is 12.7. The number of nitrogens with zero attached hydrogens (tertiary/aromatic N) is 1. The molecule has 0 radical (unpaired) electrons. The first-order chi connectivity index (χ1) is 12.6. The number of halogens is 1. The van der Waals surface area contributed by atoms with Crippen LogP contribution < -0.4 is 19.9 Å². The van der Waals surface area contributed by atoms with Gasteiger partial charge in [-0.3, -0.25) is 4.79 Å². The van der Waals surface area contributed by atoms with E-state index in [9.17, 15) is 4.79 Å². The van der Waals surface area contributed by atoms with Crippen molar-refractivity contribution < 1.29 is 19.0 Å². The first-order valence-corrected chi connectivity index (χ1v) is 8.60. The Bertz CT molecular complexity index is 745. The van der Waals surface area contributed by atoms with Crippen molar-refractivity contribution in [3.05, 3.63) is 53.6 Å². The number of amides is 1. The van der Waals surface area contributed by atoms with Gasteiger partial charge in [-0.2, -0.15) is 0 Å². The molecule has 27 heavy (non-hydrogen) atoms. The molecule has 0 aliphatic carbocycles. The average Bonchev–Trinajstić information content (AvgIpc) is 3.12. The normalized spacial score (nSPS) is 15.8. The summed E-state index contributed by atoms with van der Waals surface area (Å²) in [5.41, 5.74) is 7.44. The molecule has 0 spiro atoms. The number of likely N-dealkylation sites (tertiary alicyclic amines) is 1. The summed E-state index contributed by atoms with van der Waals surface area (Å²) >= 11 is 0. The molecule has 6 nitrogen and oxygen atoms in total. The van der Waals surface area contributed by atoms with E-state index in [0.29, 0.717) is 42.5 Å². The Labute approximate surface area is 165 Å². The van der Waals surface area contributed by atoms with E-state index in [0.717, 1.165) is 12.0 Å². The molecule has 2 aromatic rings. The largest absolute Gasteiger partial charge is 0.493 e. The minimum absolute atomic E-state index is 0. The van der Waals surface area contributed by atoms with Crippen LogP contribution in [0.2, 0.25) is 0 Å². The maximum atomic E-state index is 12.7. The van der Waals surface area contributed by atoms with Crippen LogP contribution in [0.5, 0.6) is 17.2 Å². The molecule has 0 aromatic heterocycles. The summed E-state index contributed by atoms with van der Waals surface area (Å²) in [5.74, 6) is 1.33. The van der Waals surface area contributed by atoms with Crippen molar-refractivity contribution >= 4 is 18.3 Å². The van der Waals surface area contributed by atoms with Crippen LogP contribution in [0.3, 0.4) is 0 Å². The van der Waals surface area contributed by atoms with Crippen LogP contribution in [0, 0.1) is 0 Å². The number of rotatable bonds is 6. The highest BCUT2D eigenvalue weighted by Gasteiger charge is 2.26. The topological polar surface area (TPSA) is 74.0 Å². The Hall–Kier alpha value is -2.44. The van der Waals surface area contributed by atoms with Crippen molar-refractivity contribution in [2.24, 2.45) is 5.73 Å². The molecule has 1 atom stereocenters. The van der Waals surface area contributed by atoms with Gasteiger partial charge in [-0.25, -0.2) is 0 Å². The summed E-state index contributed by atoms with van der Waals surface area (Å²) in [6.07, 6.45) is 0.818. The monoisotopic (exact) mass is 392 g/mol. The highest BCUT2D eigenvalue weighted by molar-refractivity contribution is 5.96. The molecule has 1 amide bonds. The summed E-state index contributed by atoms with van der Waals surface area (Å²) in [5, 5.41) is 0. The van der Waals surface area contributed by atoms with Gasteiger partial charge in [0.25, 0.3) is 5.91 Å². The average molecular weight is 393 g/mol. The molecule has 1 aliphatic heterocycles. The van der Waals surface area contributed by atoms with Crippen molar-refractivity contribution in [1.82, 2.24) is 4.90 Å². The van der Waals surface area contributed by atoms with Crippen molar-refractivity contribution in [3.8, 4) is 17.2 Å². The Morgan fingerprint density at radius 1 is 1.15 bits per heavy atom. The van der Waals surface area contributed by atoms with Crippen LogP contribution in [0.4, 0.5) is 0 Å². The van der Waals surface area contributed by atoms with Crippen LogP contribution in [0.15, 0.2) is 42.5 Å². The molecule has 2 aromatic carbocycles. The van der Waals surface area contributed by atoms with Gasteiger partial charge in [-0.15, -0.1) is 12.4 Å². The third-order valence-corrected chi connectivity index (χ3v) is 4.45. The predicted octanol–water partition coefficient (Wildman–Crippen LogP) is 2.88. The van der Waals surface area contributed by atoms with Crippen LogP contribution >= 0.6 is 12.4 Å².